The van der Waals surface area contributed by atoms with Gasteiger partial charge in [-0.2, -0.15) is 0 Å². The number of methoxy groups -OCH3 is 1. The highest BCUT2D eigenvalue weighted by Crippen LogP contribution is 2.21. The molecule has 136 valence electrons. The number of phenolic OH excluding ortho intramolecular Hbond substituents is 1. The first kappa shape index (κ1) is 17.9. The lowest BCUT2D eigenvalue weighted by Crippen LogP contribution is -2.40. The summed E-state index contributed by atoms with van der Waals surface area (Å²) in [5.41, 5.74) is 1.44. The number of ether oxygens (including phenoxy) is 2. The van der Waals surface area contributed by atoms with Gasteiger partial charge in [-0.15, -0.1) is 0 Å². The van der Waals surface area contributed by atoms with Gasteiger partial charge in [-0.3, -0.25) is 9.78 Å². The maximum absolute atomic E-state index is 12.6. The van der Waals surface area contributed by atoms with Crippen LogP contribution in [0.2, 0.25) is 0 Å². The molecule has 1 saturated heterocycles. The molecule has 26 heavy (non-hydrogen) atoms. The molecule has 1 amide bonds. The summed E-state index contributed by atoms with van der Waals surface area (Å²) in [6.07, 6.45) is 4.24. The highest BCUT2D eigenvalue weighted by molar-refractivity contribution is 5.98. The van der Waals surface area contributed by atoms with E-state index < -0.39 is 5.97 Å². The highest BCUT2D eigenvalue weighted by atomic mass is 16.5. The monoisotopic (exact) mass is 356 g/mol. The van der Waals surface area contributed by atoms with Crippen LogP contribution in [0, 0.1) is 5.92 Å². The number of carbonyl (C=O) groups excluding carboxylic acids is 2. The standard InChI is InChI=1S/C19H20N2O5/c1-25-19(24)14-7-13(8-16(22)9-14)18(23)21-17-11-26-10-15(17)6-12-2-4-20-5-3-12/h2-5,7-9,15,17,22H,6,10-11H2,1H3,(H,21,23). The fraction of sp³-hybridized carbons (Fsp3) is 0.316. The van der Waals surface area contributed by atoms with E-state index in [1.165, 1.54) is 25.3 Å². The van der Waals surface area contributed by atoms with Crippen molar-refractivity contribution in [2.45, 2.75) is 12.5 Å². The van der Waals surface area contributed by atoms with Gasteiger partial charge < -0.3 is 19.9 Å². The van der Waals surface area contributed by atoms with Gasteiger partial charge in [-0.05, 0) is 42.3 Å². The Balaban J connectivity index is 1.71. The minimum Gasteiger partial charge on any atom is -0.508 e. The zero-order chi connectivity index (χ0) is 18.5. The number of nitrogens with one attached hydrogen (secondary N) is 1. The minimum absolute atomic E-state index is 0.119. The van der Waals surface area contributed by atoms with E-state index in [0.29, 0.717) is 13.2 Å². The molecule has 2 N–H and O–H groups in total. The van der Waals surface area contributed by atoms with E-state index in [-0.39, 0.29) is 34.7 Å². The van der Waals surface area contributed by atoms with Crippen molar-refractivity contribution < 1.29 is 24.2 Å². The maximum atomic E-state index is 12.6. The predicted molar refractivity (Wildman–Crippen MR) is 93.0 cm³/mol. The second-order valence-electron chi connectivity index (χ2n) is 6.20. The van der Waals surface area contributed by atoms with Gasteiger partial charge in [0.25, 0.3) is 5.91 Å². The smallest absolute Gasteiger partial charge is 0.338 e. The van der Waals surface area contributed by atoms with Crippen molar-refractivity contribution >= 4 is 11.9 Å². The number of hydrogen-bond acceptors (Lipinski definition) is 6. The van der Waals surface area contributed by atoms with Crippen molar-refractivity contribution in [3.63, 3.8) is 0 Å². The molecule has 1 aromatic carbocycles. The molecular formula is C19H20N2O5. The van der Waals surface area contributed by atoms with Gasteiger partial charge in [0.15, 0.2) is 0 Å². The first-order valence-corrected chi connectivity index (χ1v) is 8.26. The molecule has 1 aliphatic heterocycles. The first-order chi connectivity index (χ1) is 12.6. The number of aromatic nitrogens is 1. The summed E-state index contributed by atoms with van der Waals surface area (Å²) < 4.78 is 10.2. The summed E-state index contributed by atoms with van der Waals surface area (Å²) in [7, 11) is 1.24. The molecule has 2 unspecified atom stereocenters. The van der Waals surface area contributed by atoms with Gasteiger partial charge in [0.1, 0.15) is 5.75 Å². The molecule has 2 heterocycles. The lowest BCUT2D eigenvalue weighted by atomic mass is 9.95. The van der Waals surface area contributed by atoms with E-state index in [4.69, 9.17) is 4.74 Å². The normalized spacial score (nSPS) is 19.1. The van der Waals surface area contributed by atoms with Crippen LogP contribution in [0.1, 0.15) is 26.3 Å². The number of phenols is 1. The van der Waals surface area contributed by atoms with Crippen molar-refractivity contribution in [1.29, 1.82) is 0 Å². The number of hydrogen-bond donors (Lipinski definition) is 2. The van der Waals surface area contributed by atoms with Crippen molar-refractivity contribution in [3.05, 3.63) is 59.4 Å². The van der Waals surface area contributed by atoms with E-state index in [1.54, 1.807) is 12.4 Å². The number of benzene rings is 1. The van der Waals surface area contributed by atoms with E-state index in [1.807, 2.05) is 12.1 Å². The van der Waals surface area contributed by atoms with Crippen LogP contribution in [0.15, 0.2) is 42.7 Å². The summed E-state index contributed by atoms with van der Waals surface area (Å²) >= 11 is 0. The molecule has 0 aliphatic carbocycles. The van der Waals surface area contributed by atoms with Crippen LogP contribution < -0.4 is 5.32 Å². The van der Waals surface area contributed by atoms with Crippen LogP contribution in [0.5, 0.6) is 5.75 Å². The molecule has 3 rings (SSSR count). The van der Waals surface area contributed by atoms with Crippen molar-refractivity contribution in [2.75, 3.05) is 20.3 Å². The number of pyridine rings is 1. The van der Waals surface area contributed by atoms with Crippen molar-refractivity contribution in [2.24, 2.45) is 5.92 Å². The second-order valence-corrected chi connectivity index (χ2v) is 6.20. The Morgan fingerprint density at radius 2 is 1.96 bits per heavy atom. The molecule has 2 aromatic rings. The summed E-state index contributed by atoms with van der Waals surface area (Å²) in [4.78, 5) is 28.2. The first-order valence-electron chi connectivity index (χ1n) is 8.26. The molecule has 1 aliphatic rings. The Morgan fingerprint density at radius 3 is 2.69 bits per heavy atom. The third-order valence-electron chi connectivity index (χ3n) is 4.36. The Morgan fingerprint density at radius 1 is 1.23 bits per heavy atom. The molecule has 1 fully saturated rings. The van der Waals surface area contributed by atoms with E-state index in [0.717, 1.165) is 12.0 Å². The molecule has 2 atom stereocenters. The molecule has 0 saturated carbocycles. The number of esters is 1. The molecule has 7 heteroatoms. The summed E-state index contributed by atoms with van der Waals surface area (Å²) in [6, 6.07) is 7.70. The number of carbonyl (C=O) groups is 2. The number of amides is 1. The SMILES string of the molecule is COC(=O)c1cc(O)cc(C(=O)NC2COCC2Cc2ccncc2)c1. The molecule has 0 spiro atoms. The Kier molecular flexibility index (Phi) is 5.48. The Labute approximate surface area is 151 Å². The third-order valence-corrected chi connectivity index (χ3v) is 4.36. The summed E-state index contributed by atoms with van der Waals surface area (Å²) in [5.74, 6) is -1.02. The number of rotatable bonds is 5. The summed E-state index contributed by atoms with van der Waals surface area (Å²) in [6.45, 7) is 0.977. The Bertz CT molecular complexity index is 794. The van der Waals surface area contributed by atoms with Gasteiger partial charge in [0.05, 0.1) is 31.9 Å². The minimum atomic E-state index is -0.616. The third kappa shape index (κ3) is 4.18. The quantitative estimate of drug-likeness (QED) is 0.789. The molecule has 7 nitrogen and oxygen atoms in total. The lowest BCUT2D eigenvalue weighted by Gasteiger charge is -2.19. The average Bonchev–Trinajstić information content (AvgIpc) is 3.08. The number of aromatic hydroxyl groups is 1. The number of nitrogens with zero attached hydrogens (tertiary/aromatic N) is 1. The van der Waals surface area contributed by atoms with Gasteiger partial charge >= 0.3 is 5.97 Å². The second kappa shape index (κ2) is 7.97. The summed E-state index contributed by atoms with van der Waals surface area (Å²) in [5, 5.41) is 12.7. The molecule has 0 bridgehead atoms. The van der Waals surface area contributed by atoms with Gasteiger partial charge in [0, 0.05) is 23.9 Å². The van der Waals surface area contributed by atoms with Gasteiger partial charge in [0.2, 0.25) is 0 Å². The lowest BCUT2D eigenvalue weighted by molar-refractivity contribution is 0.0600. The predicted octanol–water partition coefficient (Wildman–Crippen LogP) is 1.56. The van der Waals surface area contributed by atoms with Crippen LogP contribution in [0.25, 0.3) is 0 Å². The van der Waals surface area contributed by atoms with Crippen LogP contribution in [-0.4, -0.2) is 48.3 Å². The fourth-order valence-electron chi connectivity index (χ4n) is 3.01. The van der Waals surface area contributed by atoms with Gasteiger partial charge in [-0.25, -0.2) is 4.79 Å². The fourth-order valence-corrected chi connectivity index (χ4v) is 3.01. The van der Waals surface area contributed by atoms with Crippen LogP contribution in [0.3, 0.4) is 0 Å². The maximum Gasteiger partial charge on any atom is 0.338 e. The zero-order valence-corrected chi connectivity index (χ0v) is 14.3. The molecule has 0 radical (unpaired) electrons. The zero-order valence-electron chi connectivity index (χ0n) is 14.3. The van der Waals surface area contributed by atoms with Crippen molar-refractivity contribution in [3.8, 4) is 5.75 Å². The average molecular weight is 356 g/mol. The molecular weight excluding hydrogens is 336 g/mol. The van der Waals surface area contributed by atoms with Crippen molar-refractivity contribution in [1.82, 2.24) is 10.3 Å². The highest BCUT2D eigenvalue weighted by Gasteiger charge is 2.30. The van der Waals surface area contributed by atoms with Crippen LogP contribution in [0.4, 0.5) is 0 Å². The topological polar surface area (TPSA) is 97.8 Å². The largest absolute Gasteiger partial charge is 0.508 e. The van der Waals surface area contributed by atoms with Gasteiger partial charge in [-0.1, -0.05) is 0 Å². The van der Waals surface area contributed by atoms with Crippen LogP contribution >= 0.6 is 0 Å². The van der Waals surface area contributed by atoms with Crippen LogP contribution in [-0.2, 0) is 15.9 Å². The van der Waals surface area contributed by atoms with E-state index in [2.05, 4.69) is 15.0 Å². The Hall–Kier alpha value is -2.93. The van der Waals surface area contributed by atoms with E-state index in [9.17, 15) is 14.7 Å². The molecule has 1 aromatic heterocycles. The van der Waals surface area contributed by atoms with E-state index >= 15 is 0 Å².